The van der Waals surface area contributed by atoms with Gasteiger partial charge in [-0.05, 0) is 36.8 Å². The number of halogens is 1. The van der Waals surface area contributed by atoms with E-state index in [2.05, 4.69) is 25.4 Å². The van der Waals surface area contributed by atoms with Crippen LogP contribution in [0.5, 0.6) is 0 Å². The van der Waals surface area contributed by atoms with E-state index in [1.807, 2.05) is 17.8 Å². The van der Waals surface area contributed by atoms with E-state index < -0.39 is 0 Å². The molecule has 0 aliphatic rings. The number of hydrogen-bond acceptors (Lipinski definition) is 2. The van der Waals surface area contributed by atoms with Crippen molar-refractivity contribution in [2.75, 3.05) is 12.0 Å². The van der Waals surface area contributed by atoms with E-state index in [-0.39, 0.29) is 11.9 Å². The number of rotatable bonds is 7. The van der Waals surface area contributed by atoms with E-state index in [0.717, 1.165) is 24.2 Å². The van der Waals surface area contributed by atoms with Crippen LogP contribution in [0, 0.1) is 5.82 Å². The van der Waals surface area contributed by atoms with E-state index in [0.29, 0.717) is 6.04 Å². The lowest BCUT2D eigenvalue weighted by Crippen LogP contribution is -2.34. The normalized spacial score (nSPS) is 14.6. The summed E-state index contributed by atoms with van der Waals surface area (Å²) in [5, 5.41) is 3.61. The molecular weight excluding hydrogens is 233 g/mol. The summed E-state index contributed by atoms with van der Waals surface area (Å²) in [6.45, 7) is 4.32. The Hall–Kier alpha value is -0.540. The first-order valence-electron chi connectivity index (χ1n) is 6.21. The van der Waals surface area contributed by atoms with Crippen LogP contribution in [0.2, 0.25) is 0 Å². The van der Waals surface area contributed by atoms with Crippen LogP contribution in [-0.4, -0.2) is 18.1 Å². The molecule has 1 N–H and O–H groups in total. The quantitative estimate of drug-likeness (QED) is 0.790. The highest BCUT2D eigenvalue weighted by atomic mass is 32.2. The summed E-state index contributed by atoms with van der Waals surface area (Å²) in [5.74, 6) is 0.947. The predicted molar refractivity (Wildman–Crippen MR) is 75.0 cm³/mol. The molecule has 0 aliphatic heterocycles. The van der Waals surface area contributed by atoms with Gasteiger partial charge in [0, 0.05) is 17.8 Å². The van der Waals surface area contributed by atoms with Gasteiger partial charge in [0.15, 0.2) is 0 Å². The van der Waals surface area contributed by atoms with Crippen molar-refractivity contribution in [2.24, 2.45) is 0 Å². The van der Waals surface area contributed by atoms with Crippen molar-refractivity contribution in [3.05, 3.63) is 35.6 Å². The summed E-state index contributed by atoms with van der Waals surface area (Å²) < 4.78 is 13.2. The van der Waals surface area contributed by atoms with Crippen molar-refractivity contribution < 1.29 is 4.39 Å². The van der Waals surface area contributed by atoms with Crippen molar-refractivity contribution in [1.82, 2.24) is 5.32 Å². The molecule has 0 saturated heterocycles. The number of hydrogen-bond donors (Lipinski definition) is 1. The molecule has 1 aromatic carbocycles. The second-order valence-electron chi connectivity index (χ2n) is 4.24. The maximum atomic E-state index is 13.2. The zero-order chi connectivity index (χ0) is 12.7. The lowest BCUT2D eigenvalue weighted by molar-refractivity contribution is 0.440. The van der Waals surface area contributed by atoms with Gasteiger partial charge in [-0.3, -0.25) is 0 Å². The van der Waals surface area contributed by atoms with Gasteiger partial charge in [0.1, 0.15) is 5.82 Å². The van der Waals surface area contributed by atoms with Crippen molar-refractivity contribution in [3.8, 4) is 0 Å². The van der Waals surface area contributed by atoms with E-state index in [4.69, 9.17) is 0 Å². The monoisotopic (exact) mass is 255 g/mol. The van der Waals surface area contributed by atoms with E-state index in [1.165, 1.54) is 6.07 Å². The Balaban J connectivity index is 2.70. The molecule has 0 aliphatic carbocycles. The number of thioether (sulfide) groups is 1. The fourth-order valence-electron chi connectivity index (χ4n) is 1.94. The molecule has 0 saturated carbocycles. The van der Waals surface area contributed by atoms with Gasteiger partial charge in [0.05, 0.1) is 0 Å². The minimum absolute atomic E-state index is 0.152. The average molecular weight is 255 g/mol. The van der Waals surface area contributed by atoms with Crippen molar-refractivity contribution in [1.29, 1.82) is 0 Å². The van der Waals surface area contributed by atoms with Crippen molar-refractivity contribution >= 4 is 11.8 Å². The van der Waals surface area contributed by atoms with Crippen LogP contribution >= 0.6 is 11.8 Å². The van der Waals surface area contributed by atoms with E-state index in [9.17, 15) is 4.39 Å². The molecule has 96 valence electrons. The van der Waals surface area contributed by atoms with Crippen molar-refractivity contribution in [3.63, 3.8) is 0 Å². The smallest absolute Gasteiger partial charge is 0.123 e. The molecule has 3 heteroatoms. The summed E-state index contributed by atoms with van der Waals surface area (Å²) in [6, 6.07) is 7.66. The van der Waals surface area contributed by atoms with Gasteiger partial charge in [-0.2, -0.15) is 11.8 Å². The standard InChI is InChI=1S/C14H22FNS/c1-4-13(10-17-3)16-14(5-2)11-7-6-8-12(15)9-11/h6-9,13-14,16H,4-5,10H2,1-3H3. The Morgan fingerprint density at radius 1 is 1.29 bits per heavy atom. The summed E-state index contributed by atoms with van der Waals surface area (Å²) in [4.78, 5) is 0. The fraction of sp³-hybridized carbons (Fsp3) is 0.571. The minimum Gasteiger partial charge on any atom is -0.306 e. The molecule has 1 rings (SSSR count). The highest BCUT2D eigenvalue weighted by Gasteiger charge is 2.14. The van der Waals surface area contributed by atoms with Gasteiger partial charge in [-0.15, -0.1) is 0 Å². The van der Waals surface area contributed by atoms with Crippen LogP contribution in [0.3, 0.4) is 0 Å². The average Bonchev–Trinajstić information content (AvgIpc) is 2.34. The molecule has 17 heavy (non-hydrogen) atoms. The highest BCUT2D eigenvalue weighted by molar-refractivity contribution is 7.98. The molecular formula is C14H22FNS. The zero-order valence-electron chi connectivity index (χ0n) is 10.9. The molecule has 0 fully saturated rings. The summed E-state index contributed by atoms with van der Waals surface area (Å²) in [5.41, 5.74) is 1.05. The summed E-state index contributed by atoms with van der Waals surface area (Å²) in [7, 11) is 0. The van der Waals surface area contributed by atoms with Crippen molar-refractivity contribution in [2.45, 2.75) is 38.8 Å². The largest absolute Gasteiger partial charge is 0.306 e. The Morgan fingerprint density at radius 2 is 2.06 bits per heavy atom. The molecule has 0 spiro atoms. The van der Waals surface area contributed by atoms with Crippen LogP contribution in [0.1, 0.15) is 38.3 Å². The molecule has 0 radical (unpaired) electrons. The van der Waals surface area contributed by atoms with Gasteiger partial charge in [-0.25, -0.2) is 4.39 Å². The Morgan fingerprint density at radius 3 is 2.59 bits per heavy atom. The SMILES string of the molecule is CCC(CSC)NC(CC)c1cccc(F)c1. The number of benzene rings is 1. The molecule has 0 amide bonds. The molecule has 2 unspecified atom stereocenters. The summed E-state index contributed by atoms with van der Waals surface area (Å²) >= 11 is 1.85. The van der Waals surface area contributed by atoms with E-state index in [1.54, 1.807) is 12.1 Å². The maximum Gasteiger partial charge on any atom is 0.123 e. The van der Waals surface area contributed by atoms with Crippen LogP contribution in [-0.2, 0) is 0 Å². The molecule has 0 bridgehead atoms. The topological polar surface area (TPSA) is 12.0 Å². The van der Waals surface area contributed by atoms with Crippen LogP contribution in [0.15, 0.2) is 24.3 Å². The third-order valence-electron chi connectivity index (χ3n) is 2.96. The predicted octanol–water partition coefficient (Wildman–Crippen LogP) is 4.01. The summed E-state index contributed by atoms with van der Waals surface area (Å²) in [6.07, 6.45) is 4.20. The van der Waals surface area contributed by atoms with Gasteiger partial charge in [0.25, 0.3) is 0 Å². The van der Waals surface area contributed by atoms with Gasteiger partial charge >= 0.3 is 0 Å². The van der Waals surface area contributed by atoms with Gasteiger partial charge in [-0.1, -0.05) is 26.0 Å². The zero-order valence-corrected chi connectivity index (χ0v) is 11.7. The first-order valence-corrected chi connectivity index (χ1v) is 7.61. The second kappa shape index (κ2) is 7.72. The van der Waals surface area contributed by atoms with Crippen LogP contribution < -0.4 is 5.32 Å². The fourth-order valence-corrected chi connectivity index (χ4v) is 2.68. The highest BCUT2D eigenvalue weighted by Crippen LogP contribution is 2.19. The van der Waals surface area contributed by atoms with E-state index >= 15 is 0 Å². The molecule has 2 atom stereocenters. The molecule has 1 nitrogen and oxygen atoms in total. The minimum atomic E-state index is -0.152. The third kappa shape index (κ3) is 4.68. The third-order valence-corrected chi connectivity index (χ3v) is 3.69. The Kier molecular flexibility index (Phi) is 6.60. The Labute approximate surface area is 108 Å². The van der Waals surface area contributed by atoms with Crippen LogP contribution in [0.4, 0.5) is 4.39 Å². The van der Waals surface area contributed by atoms with Crippen LogP contribution in [0.25, 0.3) is 0 Å². The first kappa shape index (κ1) is 14.5. The lowest BCUT2D eigenvalue weighted by Gasteiger charge is -2.24. The molecule has 0 aromatic heterocycles. The number of nitrogens with one attached hydrogen (secondary N) is 1. The van der Waals surface area contributed by atoms with Gasteiger partial charge in [0.2, 0.25) is 0 Å². The molecule has 1 aromatic rings. The maximum absolute atomic E-state index is 13.2. The second-order valence-corrected chi connectivity index (χ2v) is 5.15. The van der Waals surface area contributed by atoms with Gasteiger partial charge < -0.3 is 5.32 Å². The molecule has 0 heterocycles. The Bertz CT molecular complexity index is 330. The lowest BCUT2D eigenvalue weighted by atomic mass is 10.0. The first-order chi connectivity index (χ1) is 8.21.